The molecule has 1 rings (SSSR count). The average Bonchev–Trinajstić information content (AvgIpc) is 1.88. The lowest BCUT2D eigenvalue weighted by Crippen LogP contribution is -2.96. The monoisotopic (exact) mass is 139 g/mol. The molecule has 0 fully saturated rings. The largest absolute Gasteiger partial charge is 0.628 e. The van der Waals surface area contributed by atoms with Gasteiger partial charge >= 0.3 is 0 Å². The molecule has 0 spiro atoms. The summed E-state index contributed by atoms with van der Waals surface area (Å²) in [7, 11) is 0. The number of para-hydroxylation sites is 1. The Labute approximate surface area is 58.0 Å². The van der Waals surface area contributed by atoms with Crippen molar-refractivity contribution < 1.29 is 5.23 Å². The van der Waals surface area contributed by atoms with E-state index in [-0.39, 0.29) is 11.4 Å². The molecule has 0 radical (unpaired) electrons. The van der Waals surface area contributed by atoms with Crippen molar-refractivity contribution in [1.82, 2.24) is 0 Å². The van der Waals surface area contributed by atoms with Gasteiger partial charge in [-0.25, -0.2) is 0 Å². The summed E-state index contributed by atoms with van der Waals surface area (Å²) < 4.78 is 0. The first-order valence-corrected chi connectivity index (χ1v) is 2.77. The lowest BCUT2D eigenvalue weighted by atomic mass is 10.3. The molecule has 0 saturated heterocycles. The summed E-state index contributed by atoms with van der Waals surface area (Å²) >= 11 is 0. The van der Waals surface area contributed by atoms with Gasteiger partial charge in [-0.15, -0.1) is 0 Å². The summed E-state index contributed by atoms with van der Waals surface area (Å²) in [4.78, 5) is 0. The minimum atomic E-state index is -1.24. The molecule has 0 heterocycles. The second kappa shape index (κ2) is 2.66. The van der Waals surface area contributed by atoms with E-state index in [9.17, 15) is 10.4 Å². The maximum atomic E-state index is 10.2. The van der Waals surface area contributed by atoms with Gasteiger partial charge in [-0.3, -0.25) is 0 Å². The molecule has 1 aromatic carbocycles. The molecular weight excluding hydrogens is 132 g/mol. The van der Waals surface area contributed by atoms with Crippen LogP contribution >= 0.6 is 0 Å². The Morgan fingerprint density at radius 3 is 2.20 bits per heavy atom. The van der Waals surface area contributed by atoms with Crippen molar-refractivity contribution in [3.63, 3.8) is 0 Å². The molecule has 4 heteroatoms. The summed E-state index contributed by atoms with van der Waals surface area (Å²) in [6, 6.07) is 6.19. The number of anilines is 1. The van der Waals surface area contributed by atoms with Gasteiger partial charge in [0.05, 0.1) is 5.69 Å². The zero-order chi connectivity index (χ0) is 7.56. The van der Waals surface area contributed by atoms with Crippen molar-refractivity contribution in [3.8, 4) is 0 Å². The third-order valence-corrected chi connectivity index (χ3v) is 1.18. The Hall–Kier alpha value is -1.10. The Morgan fingerprint density at radius 1 is 1.20 bits per heavy atom. The van der Waals surface area contributed by atoms with E-state index in [0.717, 1.165) is 0 Å². The van der Waals surface area contributed by atoms with E-state index < -0.39 is 5.23 Å². The van der Waals surface area contributed by atoms with E-state index >= 15 is 0 Å². The second-order valence-electron chi connectivity index (χ2n) is 1.87. The van der Waals surface area contributed by atoms with Crippen LogP contribution in [0.15, 0.2) is 24.3 Å². The van der Waals surface area contributed by atoms with Crippen molar-refractivity contribution in [2.45, 2.75) is 0 Å². The highest BCUT2D eigenvalue weighted by Crippen LogP contribution is 2.10. The molecule has 0 bridgehead atoms. The Morgan fingerprint density at radius 2 is 1.80 bits per heavy atom. The van der Waals surface area contributed by atoms with Gasteiger partial charge in [-0.1, -0.05) is 12.1 Å². The zero-order valence-corrected chi connectivity index (χ0v) is 5.20. The van der Waals surface area contributed by atoms with Crippen LogP contribution < -0.4 is 11.0 Å². The number of quaternary nitrogens is 1. The van der Waals surface area contributed by atoms with E-state index in [1.54, 1.807) is 12.1 Å². The van der Waals surface area contributed by atoms with E-state index in [1.807, 2.05) is 0 Å². The van der Waals surface area contributed by atoms with Crippen LogP contribution in [-0.2, 0) is 0 Å². The van der Waals surface area contributed by atoms with Gasteiger partial charge < -0.3 is 21.4 Å². The Bertz CT molecular complexity index is 225. The molecule has 54 valence electrons. The van der Waals surface area contributed by atoms with Crippen LogP contribution in [0.3, 0.4) is 0 Å². The summed E-state index contributed by atoms with van der Waals surface area (Å²) in [6.07, 6.45) is 0. The van der Waals surface area contributed by atoms with Gasteiger partial charge in [-0.05, 0) is 6.07 Å². The SMILES string of the molecule is Nc1ccccc1[NH+]([O-])[O-]. The van der Waals surface area contributed by atoms with Crippen LogP contribution in [0.25, 0.3) is 0 Å². The molecule has 0 aromatic heterocycles. The summed E-state index contributed by atoms with van der Waals surface area (Å²) in [6.45, 7) is 0. The number of nitrogens with two attached hydrogens (primary N) is 1. The molecule has 0 atom stereocenters. The minimum Gasteiger partial charge on any atom is -0.628 e. The van der Waals surface area contributed by atoms with Crippen molar-refractivity contribution in [2.75, 3.05) is 5.73 Å². The highest BCUT2D eigenvalue weighted by Gasteiger charge is 1.96. The fraction of sp³-hybridized carbons (Fsp3) is 0. The molecule has 10 heavy (non-hydrogen) atoms. The molecule has 0 aliphatic heterocycles. The topological polar surface area (TPSA) is 76.6 Å². The Balaban J connectivity index is 3.03. The maximum Gasteiger partial charge on any atom is 0.154 e. The van der Waals surface area contributed by atoms with Crippen molar-refractivity contribution >= 4 is 11.4 Å². The van der Waals surface area contributed by atoms with Crippen LogP contribution in [0, 0.1) is 10.4 Å². The van der Waals surface area contributed by atoms with E-state index in [1.165, 1.54) is 12.1 Å². The number of rotatable bonds is 1. The fourth-order valence-corrected chi connectivity index (χ4v) is 0.683. The molecule has 3 N–H and O–H groups in total. The van der Waals surface area contributed by atoms with Gasteiger partial charge in [0, 0.05) is 6.07 Å². The van der Waals surface area contributed by atoms with Crippen molar-refractivity contribution in [3.05, 3.63) is 34.7 Å². The number of benzene rings is 1. The van der Waals surface area contributed by atoms with Crippen molar-refractivity contribution in [2.24, 2.45) is 0 Å². The fourth-order valence-electron chi connectivity index (χ4n) is 0.683. The van der Waals surface area contributed by atoms with Crippen LogP contribution in [-0.4, -0.2) is 0 Å². The lowest BCUT2D eigenvalue weighted by molar-refractivity contribution is -0.714. The molecule has 0 unspecified atom stereocenters. The third-order valence-electron chi connectivity index (χ3n) is 1.18. The van der Waals surface area contributed by atoms with Gasteiger partial charge in [0.15, 0.2) is 5.69 Å². The van der Waals surface area contributed by atoms with E-state index in [2.05, 4.69) is 0 Å². The van der Waals surface area contributed by atoms with Crippen LogP contribution in [0.5, 0.6) is 0 Å². The predicted molar refractivity (Wildman–Crippen MR) is 38.2 cm³/mol. The van der Waals surface area contributed by atoms with Gasteiger partial charge in [0.2, 0.25) is 0 Å². The summed E-state index contributed by atoms with van der Waals surface area (Å²) in [5.41, 5.74) is 5.58. The van der Waals surface area contributed by atoms with E-state index in [4.69, 9.17) is 5.73 Å². The van der Waals surface area contributed by atoms with Crippen LogP contribution in [0.1, 0.15) is 0 Å². The summed E-state index contributed by atoms with van der Waals surface area (Å²) in [5.74, 6) is 0. The maximum absolute atomic E-state index is 10.2. The number of nitrogen functional groups attached to an aromatic ring is 1. The minimum absolute atomic E-state index is 0.0440. The first-order valence-electron chi connectivity index (χ1n) is 2.77. The van der Waals surface area contributed by atoms with Gasteiger partial charge in [0.1, 0.15) is 0 Å². The lowest BCUT2D eigenvalue weighted by Gasteiger charge is -2.25. The molecule has 1 aromatic rings. The highest BCUT2D eigenvalue weighted by molar-refractivity contribution is 5.57. The first-order chi connectivity index (χ1) is 4.72. The molecule has 4 nitrogen and oxygen atoms in total. The van der Waals surface area contributed by atoms with Gasteiger partial charge in [0.25, 0.3) is 0 Å². The van der Waals surface area contributed by atoms with Crippen LogP contribution in [0.2, 0.25) is 0 Å². The van der Waals surface area contributed by atoms with Crippen molar-refractivity contribution in [1.29, 1.82) is 0 Å². The van der Waals surface area contributed by atoms with Crippen LogP contribution in [0.4, 0.5) is 11.4 Å². The predicted octanol–water partition coefficient (Wildman–Crippen LogP) is -0.219. The van der Waals surface area contributed by atoms with E-state index in [0.29, 0.717) is 0 Å². The van der Waals surface area contributed by atoms with Gasteiger partial charge in [-0.2, -0.15) is 0 Å². The highest BCUT2D eigenvalue weighted by atomic mass is 16.8. The average molecular weight is 139 g/mol. The quantitative estimate of drug-likeness (QED) is 0.417. The molecule has 0 saturated carbocycles. The molecule has 0 aliphatic carbocycles. The molecule has 0 amide bonds. The number of hydrogen-bond donors (Lipinski definition) is 2. The smallest absolute Gasteiger partial charge is 0.154 e. The third kappa shape index (κ3) is 1.24. The number of hydrogen-bond acceptors (Lipinski definition) is 3. The normalized spacial score (nSPS) is 10.3. The molecular formula is C6H7N2O2-. The standard InChI is InChI=1S/C6H7N2O2/c7-5-3-1-2-4-6(5)8(9)10/h1-4,8H,7H2/q-1. The molecule has 0 aliphatic rings. The summed E-state index contributed by atoms with van der Waals surface area (Å²) in [5, 5.41) is 19.2. The number of nitrogens with one attached hydrogen (secondary N) is 1. The zero-order valence-electron chi connectivity index (χ0n) is 5.20. The second-order valence-corrected chi connectivity index (χ2v) is 1.87. The first kappa shape index (κ1) is 7.01. The Kier molecular flexibility index (Phi) is 1.86.